The summed E-state index contributed by atoms with van der Waals surface area (Å²) in [5.41, 5.74) is 2.94. The number of carbonyl (C=O) groups excluding carboxylic acids is 1. The van der Waals surface area contributed by atoms with E-state index in [4.69, 9.17) is 9.47 Å². The second kappa shape index (κ2) is 7.13. The molecule has 1 aromatic carbocycles. The highest BCUT2D eigenvalue weighted by Crippen LogP contribution is 2.31. The smallest absolute Gasteiger partial charge is 0.298 e. The van der Waals surface area contributed by atoms with Crippen molar-refractivity contribution in [2.45, 2.75) is 13.5 Å². The van der Waals surface area contributed by atoms with Crippen LogP contribution in [0.3, 0.4) is 0 Å². The third kappa shape index (κ3) is 3.39. The number of thiazole rings is 1. The molecule has 0 saturated carbocycles. The summed E-state index contributed by atoms with van der Waals surface area (Å²) in [5, 5.41) is 0.620. The zero-order valence-corrected chi connectivity index (χ0v) is 15.0. The molecule has 4 rings (SSSR count). The van der Waals surface area contributed by atoms with Gasteiger partial charge in [-0.1, -0.05) is 23.5 Å². The van der Waals surface area contributed by atoms with Gasteiger partial charge in [-0.15, -0.1) is 0 Å². The van der Waals surface area contributed by atoms with E-state index in [0.29, 0.717) is 24.9 Å². The first kappa shape index (κ1) is 16.5. The zero-order valence-electron chi connectivity index (χ0n) is 14.2. The highest BCUT2D eigenvalue weighted by molar-refractivity contribution is 7.22. The van der Waals surface area contributed by atoms with Gasteiger partial charge in [0.05, 0.1) is 16.8 Å². The van der Waals surface area contributed by atoms with Gasteiger partial charge in [0, 0.05) is 12.4 Å². The molecule has 3 aromatic rings. The maximum atomic E-state index is 13.0. The van der Waals surface area contributed by atoms with Gasteiger partial charge in [-0.05, 0) is 36.2 Å². The Labute approximate surface area is 154 Å². The monoisotopic (exact) mass is 367 g/mol. The number of carbonyl (C=O) groups is 1. The van der Waals surface area contributed by atoms with Crippen LogP contribution in [0.5, 0.6) is 0 Å². The number of aryl methyl sites for hydroxylation is 1. The molecule has 0 fully saturated rings. The van der Waals surface area contributed by atoms with Crippen molar-refractivity contribution in [3.8, 4) is 0 Å². The van der Waals surface area contributed by atoms with Gasteiger partial charge in [0.15, 0.2) is 5.13 Å². The lowest BCUT2D eigenvalue weighted by Gasteiger charge is -2.23. The highest BCUT2D eigenvalue weighted by Gasteiger charge is 2.26. The molecule has 1 aliphatic heterocycles. The summed E-state index contributed by atoms with van der Waals surface area (Å²) in [6.45, 7) is 3.19. The molecule has 1 aliphatic rings. The fourth-order valence-corrected chi connectivity index (χ4v) is 3.71. The fourth-order valence-electron chi connectivity index (χ4n) is 2.65. The van der Waals surface area contributed by atoms with Crippen molar-refractivity contribution in [3.05, 3.63) is 65.9 Å². The van der Waals surface area contributed by atoms with E-state index in [-0.39, 0.29) is 11.7 Å². The molecule has 0 spiro atoms. The molecule has 3 heterocycles. The zero-order chi connectivity index (χ0) is 17.9. The van der Waals surface area contributed by atoms with Crippen LogP contribution in [0.4, 0.5) is 5.13 Å². The molecular weight excluding hydrogens is 350 g/mol. The molecule has 0 saturated heterocycles. The molecular formula is C19H17N3O3S. The first-order valence-electron chi connectivity index (χ1n) is 8.23. The Morgan fingerprint density at radius 2 is 2.23 bits per heavy atom. The topological polar surface area (TPSA) is 64.6 Å². The summed E-state index contributed by atoms with van der Waals surface area (Å²) in [7, 11) is 0. The molecule has 6 nitrogen and oxygen atoms in total. The second-order valence-electron chi connectivity index (χ2n) is 5.92. The first-order chi connectivity index (χ1) is 12.7. The van der Waals surface area contributed by atoms with Gasteiger partial charge in [0.25, 0.3) is 5.91 Å². The maximum Gasteiger partial charge on any atom is 0.298 e. The molecule has 132 valence electrons. The summed E-state index contributed by atoms with van der Waals surface area (Å²) < 4.78 is 11.8. The minimum atomic E-state index is -0.274. The number of rotatable bonds is 4. The summed E-state index contributed by atoms with van der Waals surface area (Å²) in [6.07, 6.45) is 4.82. The Kier molecular flexibility index (Phi) is 4.53. The molecule has 0 unspecified atom stereocenters. The third-order valence-electron chi connectivity index (χ3n) is 3.93. The van der Waals surface area contributed by atoms with E-state index in [9.17, 15) is 4.79 Å². The van der Waals surface area contributed by atoms with Gasteiger partial charge in [-0.2, -0.15) is 0 Å². The average Bonchev–Trinajstić information content (AvgIpc) is 3.10. The van der Waals surface area contributed by atoms with E-state index in [1.165, 1.54) is 17.6 Å². The van der Waals surface area contributed by atoms with E-state index >= 15 is 0 Å². The number of nitrogens with zero attached hydrogens (tertiary/aromatic N) is 3. The summed E-state index contributed by atoms with van der Waals surface area (Å²) >= 11 is 1.48. The number of hydrogen-bond donors (Lipinski definition) is 0. The van der Waals surface area contributed by atoms with Crippen molar-refractivity contribution in [3.63, 3.8) is 0 Å². The Hall–Kier alpha value is -2.93. The van der Waals surface area contributed by atoms with E-state index < -0.39 is 0 Å². The van der Waals surface area contributed by atoms with Gasteiger partial charge in [0.1, 0.15) is 19.5 Å². The Morgan fingerprint density at radius 3 is 3.00 bits per heavy atom. The Bertz CT molecular complexity index is 969. The number of pyridine rings is 1. The third-order valence-corrected chi connectivity index (χ3v) is 4.97. The van der Waals surface area contributed by atoms with Crippen LogP contribution in [0.1, 0.15) is 11.1 Å². The van der Waals surface area contributed by atoms with E-state index in [2.05, 4.69) is 16.0 Å². The minimum absolute atomic E-state index is 0.190. The second-order valence-corrected chi connectivity index (χ2v) is 6.93. The molecule has 0 aliphatic carbocycles. The fraction of sp³-hybridized carbons (Fsp3) is 0.211. The van der Waals surface area contributed by atoms with E-state index in [1.807, 2.05) is 31.2 Å². The van der Waals surface area contributed by atoms with Crippen molar-refractivity contribution in [1.82, 2.24) is 9.97 Å². The molecule has 0 radical (unpaired) electrons. The minimum Gasteiger partial charge on any atom is -0.494 e. The van der Waals surface area contributed by atoms with Crippen molar-refractivity contribution < 1.29 is 14.3 Å². The quantitative estimate of drug-likeness (QED) is 0.707. The number of amides is 1. The number of hydrogen-bond acceptors (Lipinski definition) is 6. The van der Waals surface area contributed by atoms with E-state index in [0.717, 1.165) is 21.3 Å². The molecule has 2 aromatic heterocycles. The molecule has 26 heavy (non-hydrogen) atoms. The standard InChI is InChI=1S/C19H17N3O3S/c1-13-4-5-15-17(9-13)26-19(21-15)22(11-14-3-2-6-20-10-14)18(23)16-12-24-7-8-25-16/h2-6,9-10,12H,7-8,11H2,1H3. The Morgan fingerprint density at radius 1 is 1.31 bits per heavy atom. The van der Waals surface area contributed by atoms with Crippen LogP contribution in [-0.2, 0) is 20.8 Å². The van der Waals surface area contributed by atoms with Crippen LogP contribution in [0.25, 0.3) is 10.2 Å². The molecule has 0 bridgehead atoms. The van der Waals surface area contributed by atoms with Gasteiger partial charge >= 0.3 is 0 Å². The van der Waals surface area contributed by atoms with Crippen LogP contribution in [0, 0.1) is 6.92 Å². The van der Waals surface area contributed by atoms with Crippen LogP contribution >= 0.6 is 11.3 Å². The van der Waals surface area contributed by atoms with Gasteiger partial charge in [0.2, 0.25) is 5.76 Å². The number of ether oxygens (including phenoxy) is 2. The van der Waals surface area contributed by atoms with Crippen molar-refractivity contribution in [2.75, 3.05) is 18.1 Å². The lowest BCUT2D eigenvalue weighted by atomic mass is 10.2. The number of benzene rings is 1. The lowest BCUT2D eigenvalue weighted by molar-refractivity contribution is -0.119. The van der Waals surface area contributed by atoms with Gasteiger partial charge < -0.3 is 9.47 Å². The lowest BCUT2D eigenvalue weighted by Crippen LogP contribution is -2.33. The predicted molar refractivity (Wildman–Crippen MR) is 99.8 cm³/mol. The normalized spacial score (nSPS) is 13.7. The van der Waals surface area contributed by atoms with Crippen LogP contribution in [0.15, 0.2) is 54.7 Å². The number of aromatic nitrogens is 2. The predicted octanol–water partition coefficient (Wildman–Crippen LogP) is 3.42. The molecule has 0 N–H and O–H groups in total. The number of fused-ring (bicyclic) bond motifs is 1. The Balaban J connectivity index is 1.73. The highest BCUT2D eigenvalue weighted by atomic mass is 32.1. The first-order valence-corrected chi connectivity index (χ1v) is 9.05. The average molecular weight is 367 g/mol. The van der Waals surface area contributed by atoms with E-state index in [1.54, 1.807) is 17.3 Å². The van der Waals surface area contributed by atoms with Crippen molar-refractivity contribution in [2.24, 2.45) is 0 Å². The van der Waals surface area contributed by atoms with Crippen LogP contribution in [0.2, 0.25) is 0 Å². The number of anilines is 1. The summed E-state index contributed by atoms with van der Waals surface area (Å²) in [6, 6.07) is 9.83. The summed E-state index contributed by atoms with van der Waals surface area (Å²) in [5.74, 6) is -0.0834. The van der Waals surface area contributed by atoms with Gasteiger partial charge in [-0.25, -0.2) is 4.98 Å². The SMILES string of the molecule is Cc1ccc2nc(N(Cc3cccnc3)C(=O)C3=COCCO3)sc2c1. The maximum absolute atomic E-state index is 13.0. The molecule has 0 atom stereocenters. The summed E-state index contributed by atoms with van der Waals surface area (Å²) in [4.78, 5) is 23.4. The van der Waals surface area contributed by atoms with Crippen molar-refractivity contribution in [1.29, 1.82) is 0 Å². The molecule has 1 amide bonds. The van der Waals surface area contributed by atoms with Gasteiger partial charge in [-0.3, -0.25) is 14.7 Å². The molecule has 7 heteroatoms. The van der Waals surface area contributed by atoms with Crippen LogP contribution < -0.4 is 4.90 Å². The largest absolute Gasteiger partial charge is 0.494 e. The van der Waals surface area contributed by atoms with Crippen LogP contribution in [-0.4, -0.2) is 29.1 Å². The van der Waals surface area contributed by atoms with Crippen molar-refractivity contribution >= 4 is 32.6 Å².